The maximum atomic E-state index is 11.8. The van der Waals surface area contributed by atoms with E-state index in [4.69, 9.17) is 11.6 Å². The average Bonchev–Trinajstić information content (AvgIpc) is 2.45. The second-order valence-corrected chi connectivity index (χ2v) is 5.59. The summed E-state index contributed by atoms with van der Waals surface area (Å²) in [6.45, 7) is 4.10. The number of carbonyl (C=O) groups excluding carboxylic acids is 2. The first kappa shape index (κ1) is 17.5. The number of halogens is 1. The van der Waals surface area contributed by atoms with Crippen molar-refractivity contribution >= 4 is 23.4 Å². The monoisotopic (exact) mass is 310 g/mol. The minimum absolute atomic E-state index is 0.0243. The summed E-state index contributed by atoms with van der Waals surface area (Å²) in [6.07, 6.45) is 4.40. The van der Waals surface area contributed by atoms with Gasteiger partial charge in [0.25, 0.3) is 5.91 Å². The Morgan fingerprint density at radius 1 is 1.29 bits per heavy atom. The first-order chi connectivity index (χ1) is 10.0. The number of hydrogen-bond donors (Lipinski definition) is 2. The Labute approximate surface area is 131 Å². The van der Waals surface area contributed by atoms with E-state index in [-0.39, 0.29) is 24.4 Å². The van der Waals surface area contributed by atoms with Gasteiger partial charge in [-0.05, 0) is 31.5 Å². The quantitative estimate of drug-likeness (QED) is 0.725. The Morgan fingerprint density at radius 3 is 2.71 bits per heavy atom. The molecule has 0 saturated heterocycles. The van der Waals surface area contributed by atoms with Crippen molar-refractivity contribution in [1.82, 2.24) is 10.6 Å². The van der Waals surface area contributed by atoms with Gasteiger partial charge in [-0.1, -0.05) is 43.9 Å². The molecule has 0 saturated carbocycles. The van der Waals surface area contributed by atoms with Crippen LogP contribution in [0.5, 0.6) is 0 Å². The number of hydrogen-bond acceptors (Lipinski definition) is 2. The molecule has 21 heavy (non-hydrogen) atoms. The summed E-state index contributed by atoms with van der Waals surface area (Å²) in [6, 6.07) is 6.76. The molecule has 0 aliphatic rings. The zero-order chi connectivity index (χ0) is 15.7. The van der Waals surface area contributed by atoms with E-state index in [1.165, 1.54) is 6.42 Å². The number of benzene rings is 1. The molecule has 1 atom stereocenters. The summed E-state index contributed by atoms with van der Waals surface area (Å²) in [5.41, 5.74) is 0.450. The van der Waals surface area contributed by atoms with E-state index >= 15 is 0 Å². The molecule has 116 valence electrons. The third-order valence-corrected chi connectivity index (χ3v) is 3.38. The molecule has 1 rings (SSSR count). The van der Waals surface area contributed by atoms with Gasteiger partial charge in [0.1, 0.15) is 0 Å². The van der Waals surface area contributed by atoms with Crippen molar-refractivity contribution < 1.29 is 9.59 Å². The van der Waals surface area contributed by atoms with Crippen LogP contribution in [0.3, 0.4) is 0 Å². The molecule has 4 nitrogen and oxygen atoms in total. The van der Waals surface area contributed by atoms with Crippen LogP contribution >= 0.6 is 11.6 Å². The molecule has 2 N–H and O–H groups in total. The van der Waals surface area contributed by atoms with Crippen molar-refractivity contribution in [2.75, 3.05) is 6.54 Å². The Kier molecular flexibility index (Phi) is 7.83. The lowest BCUT2D eigenvalue weighted by Gasteiger charge is -2.14. The van der Waals surface area contributed by atoms with E-state index in [1.54, 1.807) is 24.3 Å². The van der Waals surface area contributed by atoms with Gasteiger partial charge in [-0.3, -0.25) is 9.59 Å². The second kappa shape index (κ2) is 9.40. The molecular weight excluding hydrogens is 288 g/mol. The minimum Gasteiger partial charge on any atom is -0.352 e. The molecular formula is C16H23ClN2O2. The van der Waals surface area contributed by atoms with Gasteiger partial charge in [-0.2, -0.15) is 0 Å². The molecule has 0 aromatic heterocycles. The fraction of sp³-hybridized carbons (Fsp3) is 0.500. The van der Waals surface area contributed by atoms with Crippen molar-refractivity contribution in [3.63, 3.8) is 0 Å². The number of carbonyl (C=O) groups is 2. The van der Waals surface area contributed by atoms with Crippen molar-refractivity contribution in [2.24, 2.45) is 0 Å². The van der Waals surface area contributed by atoms with E-state index in [0.29, 0.717) is 10.6 Å². The van der Waals surface area contributed by atoms with Gasteiger partial charge in [-0.15, -0.1) is 0 Å². The first-order valence-corrected chi connectivity index (χ1v) is 7.74. The van der Waals surface area contributed by atoms with Crippen LogP contribution in [0.25, 0.3) is 0 Å². The number of rotatable bonds is 8. The Bertz CT molecular complexity index is 477. The lowest BCUT2D eigenvalue weighted by atomic mass is 10.1. The van der Waals surface area contributed by atoms with Crippen LogP contribution in [0.1, 0.15) is 49.9 Å². The molecule has 0 bridgehead atoms. The molecule has 0 radical (unpaired) electrons. The van der Waals surface area contributed by atoms with Crippen LogP contribution in [0.2, 0.25) is 5.02 Å². The first-order valence-electron chi connectivity index (χ1n) is 7.36. The van der Waals surface area contributed by atoms with Crippen LogP contribution in [-0.2, 0) is 4.79 Å². The number of nitrogens with one attached hydrogen (secondary N) is 2. The van der Waals surface area contributed by atoms with Crippen LogP contribution in [0.15, 0.2) is 24.3 Å². The third-order valence-electron chi connectivity index (χ3n) is 3.14. The number of amides is 2. The van der Waals surface area contributed by atoms with Gasteiger partial charge in [0.15, 0.2) is 0 Å². The maximum Gasteiger partial charge on any atom is 0.251 e. The van der Waals surface area contributed by atoms with Crippen LogP contribution in [0, 0.1) is 0 Å². The molecule has 5 heteroatoms. The molecule has 0 heterocycles. The molecule has 0 fully saturated rings. The van der Waals surface area contributed by atoms with Gasteiger partial charge in [0, 0.05) is 16.6 Å². The smallest absolute Gasteiger partial charge is 0.251 e. The topological polar surface area (TPSA) is 58.2 Å². The Hall–Kier alpha value is -1.55. The predicted molar refractivity (Wildman–Crippen MR) is 85.5 cm³/mol. The maximum absolute atomic E-state index is 11.8. The van der Waals surface area contributed by atoms with Crippen LogP contribution in [0.4, 0.5) is 0 Å². The van der Waals surface area contributed by atoms with Gasteiger partial charge in [0.05, 0.1) is 6.54 Å². The molecule has 0 aliphatic heterocycles. The van der Waals surface area contributed by atoms with E-state index in [1.807, 2.05) is 6.92 Å². The highest BCUT2D eigenvalue weighted by molar-refractivity contribution is 6.30. The predicted octanol–water partition coefficient (Wildman–Crippen LogP) is 3.15. The summed E-state index contributed by atoms with van der Waals surface area (Å²) in [4.78, 5) is 23.6. The van der Waals surface area contributed by atoms with Crippen LogP contribution < -0.4 is 10.6 Å². The van der Waals surface area contributed by atoms with Gasteiger partial charge in [0.2, 0.25) is 5.91 Å². The minimum atomic E-state index is -0.300. The van der Waals surface area contributed by atoms with Crippen molar-refractivity contribution in [2.45, 2.75) is 45.6 Å². The Morgan fingerprint density at radius 2 is 2.05 bits per heavy atom. The fourth-order valence-electron chi connectivity index (χ4n) is 1.99. The highest BCUT2D eigenvalue weighted by Crippen LogP contribution is 2.10. The summed E-state index contributed by atoms with van der Waals surface area (Å²) in [5.74, 6) is -0.472. The normalized spacial score (nSPS) is 11.8. The zero-order valence-electron chi connectivity index (χ0n) is 12.6. The molecule has 1 aromatic rings. The van der Waals surface area contributed by atoms with E-state index in [2.05, 4.69) is 17.6 Å². The highest BCUT2D eigenvalue weighted by atomic mass is 35.5. The van der Waals surface area contributed by atoms with E-state index < -0.39 is 0 Å². The van der Waals surface area contributed by atoms with E-state index in [0.717, 1.165) is 19.3 Å². The summed E-state index contributed by atoms with van der Waals surface area (Å²) < 4.78 is 0. The molecule has 1 unspecified atom stereocenters. The van der Waals surface area contributed by atoms with Crippen molar-refractivity contribution in [1.29, 1.82) is 0 Å². The van der Waals surface area contributed by atoms with Gasteiger partial charge in [-0.25, -0.2) is 0 Å². The van der Waals surface area contributed by atoms with Gasteiger partial charge >= 0.3 is 0 Å². The highest BCUT2D eigenvalue weighted by Gasteiger charge is 2.10. The Balaban J connectivity index is 2.31. The molecule has 0 spiro atoms. The summed E-state index contributed by atoms with van der Waals surface area (Å²) >= 11 is 5.82. The van der Waals surface area contributed by atoms with Crippen LogP contribution in [-0.4, -0.2) is 24.4 Å². The lowest BCUT2D eigenvalue weighted by molar-refractivity contribution is -0.120. The fourth-order valence-corrected chi connectivity index (χ4v) is 2.18. The summed E-state index contributed by atoms with van der Waals surface area (Å²) in [7, 11) is 0. The zero-order valence-corrected chi connectivity index (χ0v) is 13.4. The third kappa shape index (κ3) is 7.14. The van der Waals surface area contributed by atoms with Crippen molar-refractivity contribution in [3.8, 4) is 0 Å². The second-order valence-electron chi connectivity index (χ2n) is 5.16. The van der Waals surface area contributed by atoms with Gasteiger partial charge < -0.3 is 10.6 Å². The largest absolute Gasteiger partial charge is 0.352 e. The average molecular weight is 311 g/mol. The van der Waals surface area contributed by atoms with Crippen molar-refractivity contribution in [3.05, 3.63) is 34.9 Å². The SMILES string of the molecule is CCCCCC(C)NC(=O)CNC(=O)c1cccc(Cl)c1. The molecule has 2 amide bonds. The molecule has 0 aliphatic carbocycles. The standard InChI is InChI=1S/C16H23ClN2O2/c1-3-4-5-7-12(2)19-15(20)11-18-16(21)13-8-6-9-14(17)10-13/h6,8-10,12H,3-5,7,11H2,1-2H3,(H,18,21)(H,19,20). The van der Waals surface area contributed by atoms with E-state index in [9.17, 15) is 9.59 Å². The lowest BCUT2D eigenvalue weighted by Crippen LogP contribution is -2.40. The molecule has 1 aromatic carbocycles. The number of unbranched alkanes of at least 4 members (excludes halogenated alkanes) is 2. The summed E-state index contributed by atoms with van der Waals surface area (Å²) in [5, 5.41) is 5.96.